The lowest BCUT2D eigenvalue weighted by molar-refractivity contribution is 0.101. The molecule has 2 heterocycles. The summed E-state index contributed by atoms with van der Waals surface area (Å²) in [5.74, 6) is -0.659. The molecule has 146 valence electrons. The van der Waals surface area contributed by atoms with Crippen molar-refractivity contribution in [1.29, 1.82) is 0 Å². The molecule has 0 aliphatic carbocycles. The maximum absolute atomic E-state index is 12.6. The zero-order chi connectivity index (χ0) is 20.5. The number of aromatic nitrogens is 4. The maximum Gasteiger partial charge on any atom is 0.323 e. The van der Waals surface area contributed by atoms with E-state index in [9.17, 15) is 14.4 Å². The van der Waals surface area contributed by atoms with E-state index >= 15 is 0 Å². The number of fused-ring (bicyclic) bond motifs is 1. The van der Waals surface area contributed by atoms with Gasteiger partial charge in [0, 0.05) is 16.8 Å². The number of nitrogens with one attached hydrogen (secondary N) is 5. The minimum Gasteiger partial charge on any atom is -0.322 e. The predicted molar refractivity (Wildman–Crippen MR) is 109 cm³/mol. The van der Waals surface area contributed by atoms with Crippen LogP contribution in [-0.4, -0.2) is 32.0 Å². The van der Waals surface area contributed by atoms with Gasteiger partial charge in [-0.1, -0.05) is 6.07 Å². The number of hydrogen-bond donors (Lipinski definition) is 5. The van der Waals surface area contributed by atoms with Crippen molar-refractivity contribution in [3.63, 3.8) is 0 Å². The third-order valence-electron chi connectivity index (χ3n) is 4.53. The molecule has 0 spiro atoms. The normalized spacial score (nSPS) is 10.8. The number of H-pyrrole nitrogens is 3. The fraction of sp³-hybridized carbons (Fsp3) is 0.100. The summed E-state index contributed by atoms with van der Waals surface area (Å²) in [4.78, 5) is 41.7. The molecule has 0 radical (unpaired) electrons. The Labute approximate surface area is 164 Å². The summed E-state index contributed by atoms with van der Waals surface area (Å²) in [6.07, 6.45) is 0. The van der Waals surface area contributed by atoms with E-state index in [1.807, 2.05) is 6.92 Å². The highest BCUT2D eigenvalue weighted by atomic mass is 16.2. The van der Waals surface area contributed by atoms with Gasteiger partial charge in [-0.3, -0.25) is 14.7 Å². The second-order valence-electron chi connectivity index (χ2n) is 6.64. The second kappa shape index (κ2) is 7.12. The van der Waals surface area contributed by atoms with E-state index in [-0.39, 0.29) is 17.5 Å². The number of amides is 2. The largest absolute Gasteiger partial charge is 0.323 e. The summed E-state index contributed by atoms with van der Waals surface area (Å²) in [5, 5.41) is 12.5. The molecule has 0 bridgehead atoms. The summed E-state index contributed by atoms with van der Waals surface area (Å²) in [6, 6.07) is 11.5. The molecule has 0 unspecified atom stereocenters. The van der Waals surface area contributed by atoms with Crippen LogP contribution in [0.4, 0.5) is 11.4 Å². The van der Waals surface area contributed by atoms with E-state index in [0.29, 0.717) is 39.2 Å². The van der Waals surface area contributed by atoms with Crippen molar-refractivity contribution in [2.75, 3.05) is 10.6 Å². The Hall–Kier alpha value is -4.14. The number of aryl methyl sites for hydroxylation is 2. The number of carbonyl (C=O) groups is 2. The number of anilines is 2. The minimum absolute atomic E-state index is 0.306. The SMILES string of the molecule is Cc1n[nH]c(C)c1NC(=O)c1cccc(NC(=O)c2ccc3[nH]c(=O)[nH]c3c2)c1. The van der Waals surface area contributed by atoms with Crippen LogP contribution in [0.2, 0.25) is 0 Å². The van der Waals surface area contributed by atoms with Crippen molar-refractivity contribution in [2.45, 2.75) is 13.8 Å². The maximum atomic E-state index is 12.6. The number of nitrogens with zero attached hydrogens (tertiary/aromatic N) is 1. The summed E-state index contributed by atoms with van der Waals surface area (Å²) in [6.45, 7) is 3.62. The van der Waals surface area contributed by atoms with Crippen molar-refractivity contribution in [2.24, 2.45) is 0 Å². The number of hydrogen-bond acceptors (Lipinski definition) is 4. The van der Waals surface area contributed by atoms with Crippen LogP contribution in [0, 0.1) is 13.8 Å². The Morgan fingerprint density at radius 3 is 2.38 bits per heavy atom. The molecule has 0 saturated heterocycles. The van der Waals surface area contributed by atoms with Crippen LogP contribution < -0.4 is 16.3 Å². The van der Waals surface area contributed by atoms with Crippen LogP contribution in [0.3, 0.4) is 0 Å². The molecule has 29 heavy (non-hydrogen) atoms. The molecule has 5 N–H and O–H groups in total. The first-order valence-corrected chi connectivity index (χ1v) is 8.87. The lowest BCUT2D eigenvalue weighted by atomic mass is 10.1. The molecule has 9 heteroatoms. The van der Waals surface area contributed by atoms with Crippen molar-refractivity contribution in [1.82, 2.24) is 20.2 Å². The Morgan fingerprint density at radius 1 is 0.897 bits per heavy atom. The lowest BCUT2D eigenvalue weighted by Gasteiger charge is -2.09. The average molecular weight is 390 g/mol. The first kappa shape index (κ1) is 18.2. The van der Waals surface area contributed by atoms with Gasteiger partial charge >= 0.3 is 5.69 Å². The zero-order valence-electron chi connectivity index (χ0n) is 15.7. The zero-order valence-corrected chi connectivity index (χ0v) is 15.7. The van der Waals surface area contributed by atoms with Crippen molar-refractivity contribution in [3.8, 4) is 0 Å². The standard InChI is InChI=1S/C20H18N6O3/c1-10-17(11(2)26-25-10)24-19(28)12-4-3-5-14(8-12)21-18(27)13-6-7-15-16(9-13)23-20(29)22-15/h3-9H,1-2H3,(H,21,27)(H,24,28)(H,25,26)(H2,22,23,29). The van der Waals surface area contributed by atoms with E-state index < -0.39 is 0 Å². The van der Waals surface area contributed by atoms with Crippen LogP contribution in [0.1, 0.15) is 32.1 Å². The predicted octanol–water partition coefficient (Wildman–Crippen LogP) is 2.70. The van der Waals surface area contributed by atoms with Crippen LogP contribution in [-0.2, 0) is 0 Å². The molecule has 4 rings (SSSR count). The highest BCUT2D eigenvalue weighted by Crippen LogP contribution is 2.19. The molecule has 0 aliphatic heterocycles. The highest BCUT2D eigenvalue weighted by molar-refractivity contribution is 6.08. The number of imidazole rings is 1. The molecule has 9 nitrogen and oxygen atoms in total. The minimum atomic E-state index is -0.354. The summed E-state index contributed by atoms with van der Waals surface area (Å²) < 4.78 is 0. The second-order valence-corrected chi connectivity index (χ2v) is 6.64. The van der Waals surface area contributed by atoms with E-state index in [0.717, 1.165) is 5.69 Å². The monoisotopic (exact) mass is 390 g/mol. The van der Waals surface area contributed by atoms with E-state index in [2.05, 4.69) is 30.8 Å². The van der Waals surface area contributed by atoms with Crippen molar-refractivity contribution in [3.05, 3.63) is 75.5 Å². The number of benzene rings is 2. The fourth-order valence-electron chi connectivity index (χ4n) is 3.04. The first-order chi connectivity index (χ1) is 13.9. The Balaban J connectivity index is 1.52. The summed E-state index contributed by atoms with van der Waals surface area (Å²) >= 11 is 0. The van der Waals surface area contributed by atoms with Gasteiger partial charge in [-0.15, -0.1) is 0 Å². The first-order valence-electron chi connectivity index (χ1n) is 8.87. The Kier molecular flexibility index (Phi) is 4.47. The van der Waals surface area contributed by atoms with Gasteiger partial charge in [-0.05, 0) is 50.2 Å². The highest BCUT2D eigenvalue weighted by Gasteiger charge is 2.14. The van der Waals surface area contributed by atoms with Gasteiger partial charge < -0.3 is 20.6 Å². The van der Waals surface area contributed by atoms with Crippen LogP contribution in [0.5, 0.6) is 0 Å². The number of aromatic amines is 3. The number of carbonyl (C=O) groups excluding carboxylic acids is 2. The van der Waals surface area contributed by atoms with Gasteiger partial charge in [0.25, 0.3) is 11.8 Å². The van der Waals surface area contributed by atoms with E-state index in [4.69, 9.17) is 0 Å². The molecular weight excluding hydrogens is 372 g/mol. The quantitative estimate of drug-likeness (QED) is 0.366. The van der Waals surface area contributed by atoms with Crippen molar-refractivity contribution >= 4 is 34.2 Å². The molecule has 2 aromatic carbocycles. The van der Waals surface area contributed by atoms with Crippen LogP contribution in [0.25, 0.3) is 11.0 Å². The van der Waals surface area contributed by atoms with Crippen LogP contribution >= 0.6 is 0 Å². The van der Waals surface area contributed by atoms with E-state index in [1.54, 1.807) is 49.4 Å². The molecule has 0 atom stereocenters. The lowest BCUT2D eigenvalue weighted by Crippen LogP contribution is -2.15. The van der Waals surface area contributed by atoms with Gasteiger partial charge in [0.05, 0.1) is 28.1 Å². The smallest absolute Gasteiger partial charge is 0.322 e. The molecule has 0 aliphatic rings. The summed E-state index contributed by atoms with van der Waals surface area (Å²) in [5.41, 5.74) is 4.18. The summed E-state index contributed by atoms with van der Waals surface area (Å²) in [7, 11) is 0. The molecule has 0 saturated carbocycles. The molecule has 2 aromatic heterocycles. The molecule has 2 amide bonds. The fourth-order valence-corrected chi connectivity index (χ4v) is 3.04. The average Bonchev–Trinajstić information content (AvgIpc) is 3.23. The van der Waals surface area contributed by atoms with Crippen molar-refractivity contribution < 1.29 is 9.59 Å². The van der Waals surface area contributed by atoms with Gasteiger partial charge in [0.1, 0.15) is 0 Å². The van der Waals surface area contributed by atoms with Gasteiger partial charge in [0.15, 0.2) is 0 Å². The van der Waals surface area contributed by atoms with E-state index in [1.165, 1.54) is 0 Å². The number of rotatable bonds is 4. The third-order valence-corrected chi connectivity index (χ3v) is 4.53. The van der Waals surface area contributed by atoms with Gasteiger partial charge in [0.2, 0.25) is 0 Å². The third kappa shape index (κ3) is 3.65. The molecular formula is C20H18N6O3. The topological polar surface area (TPSA) is 136 Å². The molecule has 0 fully saturated rings. The van der Waals surface area contributed by atoms with Gasteiger partial charge in [-0.2, -0.15) is 5.10 Å². The Bertz CT molecular complexity index is 1280. The Morgan fingerprint density at radius 2 is 1.62 bits per heavy atom. The van der Waals surface area contributed by atoms with Crippen LogP contribution in [0.15, 0.2) is 47.3 Å². The van der Waals surface area contributed by atoms with Gasteiger partial charge in [-0.25, -0.2) is 4.79 Å². The molecule has 4 aromatic rings.